The maximum Gasteiger partial charge on any atom is 0.348 e. The summed E-state index contributed by atoms with van der Waals surface area (Å²) in [6, 6.07) is 3.00. The van der Waals surface area contributed by atoms with E-state index in [1.165, 1.54) is 20.3 Å². The molecule has 0 amide bonds. The number of carbonyl (C=O) groups is 1. The largest absolute Gasteiger partial charge is 0.493 e. The van der Waals surface area contributed by atoms with E-state index < -0.39 is 11.8 Å². The van der Waals surface area contributed by atoms with Crippen LogP contribution in [0.25, 0.3) is 10.1 Å². The van der Waals surface area contributed by atoms with E-state index in [1.807, 2.05) is 0 Å². The van der Waals surface area contributed by atoms with Crippen LogP contribution >= 0.6 is 11.3 Å². The van der Waals surface area contributed by atoms with Crippen LogP contribution in [0.2, 0.25) is 0 Å². The Bertz CT molecular complexity index is 591. The van der Waals surface area contributed by atoms with Crippen LogP contribution in [0, 0.1) is 5.82 Å². The lowest BCUT2D eigenvalue weighted by molar-refractivity contribution is 0.0698. The SMILES string of the molecule is COc1cc2sc(C(=O)O)c(F)c2cc1OC. The molecule has 6 heteroatoms. The molecule has 4 nitrogen and oxygen atoms in total. The van der Waals surface area contributed by atoms with Gasteiger partial charge in [0, 0.05) is 16.2 Å². The molecule has 0 bridgehead atoms. The van der Waals surface area contributed by atoms with Gasteiger partial charge >= 0.3 is 5.97 Å². The van der Waals surface area contributed by atoms with Gasteiger partial charge in [-0.15, -0.1) is 11.3 Å². The third kappa shape index (κ3) is 1.80. The minimum atomic E-state index is -1.28. The van der Waals surface area contributed by atoms with Gasteiger partial charge in [0.1, 0.15) is 4.88 Å². The number of rotatable bonds is 3. The van der Waals surface area contributed by atoms with Crippen LogP contribution in [-0.2, 0) is 0 Å². The highest BCUT2D eigenvalue weighted by Gasteiger charge is 2.20. The lowest BCUT2D eigenvalue weighted by atomic mass is 10.2. The van der Waals surface area contributed by atoms with Gasteiger partial charge in [-0.1, -0.05) is 0 Å². The molecule has 0 unspecified atom stereocenters. The average Bonchev–Trinajstić information content (AvgIpc) is 2.64. The topological polar surface area (TPSA) is 55.8 Å². The van der Waals surface area contributed by atoms with Crippen LogP contribution < -0.4 is 9.47 Å². The van der Waals surface area contributed by atoms with Gasteiger partial charge in [-0.3, -0.25) is 0 Å². The van der Waals surface area contributed by atoms with Crippen molar-refractivity contribution in [2.24, 2.45) is 0 Å². The monoisotopic (exact) mass is 256 g/mol. The molecule has 0 fully saturated rings. The summed E-state index contributed by atoms with van der Waals surface area (Å²) in [5, 5.41) is 9.05. The number of halogens is 1. The van der Waals surface area contributed by atoms with Gasteiger partial charge in [0.25, 0.3) is 0 Å². The molecule has 1 N–H and O–H groups in total. The first-order valence-electron chi connectivity index (χ1n) is 4.65. The third-order valence-corrected chi connectivity index (χ3v) is 3.44. The second-order valence-electron chi connectivity index (χ2n) is 3.25. The fourth-order valence-corrected chi connectivity index (χ4v) is 2.46. The van der Waals surface area contributed by atoms with Crippen molar-refractivity contribution in [3.63, 3.8) is 0 Å². The second-order valence-corrected chi connectivity index (χ2v) is 4.31. The molecule has 0 atom stereocenters. The molecule has 1 aromatic heterocycles. The minimum Gasteiger partial charge on any atom is -0.493 e. The Hall–Kier alpha value is -1.82. The van der Waals surface area contributed by atoms with Crippen molar-refractivity contribution in [1.82, 2.24) is 0 Å². The van der Waals surface area contributed by atoms with Crippen LogP contribution in [-0.4, -0.2) is 25.3 Å². The molecule has 2 aromatic rings. The maximum absolute atomic E-state index is 13.8. The lowest BCUT2D eigenvalue weighted by Gasteiger charge is -2.06. The Morgan fingerprint density at radius 2 is 1.88 bits per heavy atom. The summed E-state index contributed by atoms with van der Waals surface area (Å²) in [7, 11) is 2.90. The number of hydrogen-bond acceptors (Lipinski definition) is 4. The number of fused-ring (bicyclic) bond motifs is 1. The van der Waals surface area contributed by atoms with E-state index in [0.717, 1.165) is 11.3 Å². The van der Waals surface area contributed by atoms with Crippen molar-refractivity contribution in [2.75, 3.05) is 14.2 Å². The molecule has 2 rings (SSSR count). The molecule has 0 aliphatic carbocycles. The number of methoxy groups -OCH3 is 2. The molecule has 0 saturated heterocycles. The Morgan fingerprint density at radius 3 is 2.41 bits per heavy atom. The molecule has 90 valence electrons. The van der Waals surface area contributed by atoms with Crippen molar-refractivity contribution in [3.05, 3.63) is 22.8 Å². The molecule has 1 heterocycles. The smallest absolute Gasteiger partial charge is 0.348 e. The number of aromatic carboxylic acids is 1. The van der Waals surface area contributed by atoms with Crippen LogP contribution in [0.1, 0.15) is 9.67 Å². The second kappa shape index (κ2) is 4.21. The number of carboxylic acids is 1. The Kier molecular flexibility index (Phi) is 2.89. The highest BCUT2D eigenvalue weighted by Crippen LogP contribution is 2.38. The van der Waals surface area contributed by atoms with Gasteiger partial charge in [0.2, 0.25) is 0 Å². The normalized spacial score (nSPS) is 10.5. The molecule has 17 heavy (non-hydrogen) atoms. The minimum absolute atomic E-state index is 0.227. The average molecular weight is 256 g/mol. The molecule has 0 aliphatic rings. The van der Waals surface area contributed by atoms with Crippen molar-refractivity contribution in [2.45, 2.75) is 0 Å². The predicted octanol–water partition coefficient (Wildman–Crippen LogP) is 2.76. The highest BCUT2D eigenvalue weighted by molar-refractivity contribution is 7.20. The van der Waals surface area contributed by atoms with E-state index in [1.54, 1.807) is 6.07 Å². The first kappa shape index (κ1) is 11.7. The van der Waals surface area contributed by atoms with Gasteiger partial charge in [-0.25, -0.2) is 9.18 Å². The van der Waals surface area contributed by atoms with Gasteiger partial charge in [-0.2, -0.15) is 0 Å². The van der Waals surface area contributed by atoms with E-state index >= 15 is 0 Å². The molecular weight excluding hydrogens is 247 g/mol. The Morgan fingerprint density at radius 1 is 1.29 bits per heavy atom. The van der Waals surface area contributed by atoms with E-state index in [9.17, 15) is 9.18 Å². The van der Waals surface area contributed by atoms with Gasteiger partial charge in [0.05, 0.1) is 14.2 Å². The number of thiophene rings is 1. The summed E-state index contributed by atoms with van der Waals surface area (Å²) >= 11 is 0.871. The van der Waals surface area contributed by atoms with Crippen molar-refractivity contribution < 1.29 is 23.8 Å². The Labute approximate surface area is 100 Å². The van der Waals surface area contributed by atoms with Crippen LogP contribution in [0.3, 0.4) is 0 Å². The first-order valence-corrected chi connectivity index (χ1v) is 5.47. The molecule has 0 radical (unpaired) electrons. The van der Waals surface area contributed by atoms with Crippen LogP contribution in [0.5, 0.6) is 11.5 Å². The third-order valence-electron chi connectivity index (χ3n) is 2.33. The number of hydrogen-bond donors (Lipinski definition) is 1. The van der Waals surface area contributed by atoms with Crippen molar-refractivity contribution in [1.29, 1.82) is 0 Å². The maximum atomic E-state index is 13.8. The van der Waals surface area contributed by atoms with Gasteiger partial charge < -0.3 is 14.6 Å². The number of ether oxygens (including phenoxy) is 2. The molecule has 0 spiro atoms. The lowest BCUT2D eigenvalue weighted by Crippen LogP contribution is -1.94. The molecule has 0 aliphatic heterocycles. The number of carboxylic acid groups (broad SMARTS) is 1. The molecule has 0 saturated carbocycles. The fourth-order valence-electron chi connectivity index (χ4n) is 1.53. The molecule has 1 aromatic carbocycles. The van der Waals surface area contributed by atoms with Crippen molar-refractivity contribution >= 4 is 27.4 Å². The highest BCUT2D eigenvalue weighted by atomic mass is 32.1. The van der Waals surface area contributed by atoms with Gasteiger partial charge in [0.15, 0.2) is 17.3 Å². The zero-order valence-corrected chi connectivity index (χ0v) is 9.93. The summed E-state index contributed by atoms with van der Waals surface area (Å²) in [5.74, 6) is -1.20. The van der Waals surface area contributed by atoms with Gasteiger partial charge in [-0.05, 0) is 6.07 Å². The first-order chi connectivity index (χ1) is 8.08. The Balaban J connectivity index is 2.75. The van der Waals surface area contributed by atoms with E-state index in [4.69, 9.17) is 14.6 Å². The zero-order valence-electron chi connectivity index (χ0n) is 9.11. The summed E-state index contributed by atoms with van der Waals surface area (Å²) in [4.78, 5) is 10.5. The standard InChI is InChI=1S/C11H9FO4S/c1-15-6-3-5-8(4-7(6)16-2)17-10(9(5)12)11(13)14/h3-4H,1-2H3,(H,13,14). The zero-order chi connectivity index (χ0) is 12.6. The number of benzene rings is 1. The van der Waals surface area contributed by atoms with Crippen molar-refractivity contribution in [3.8, 4) is 11.5 Å². The molecular formula is C11H9FO4S. The summed E-state index contributed by atoms with van der Waals surface area (Å²) in [6.45, 7) is 0. The summed E-state index contributed by atoms with van der Waals surface area (Å²) in [6.07, 6.45) is 0. The summed E-state index contributed by atoms with van der Waals surface area (Å²) in [5.41, 5.74) is 0. The van der Waals surface area contributed by atoms with E-state index in [2.05, 4.69) is 0 Å². The quantitative estimate of drug-likeness (QED) is 0.917. The van der Waals surface area contributed by atoms with E-state index in [-0.39, 0.29) is 10.3 Å². The van der Waals surface area contributed by atoms with E-state index in [0.29, 0.717) is 16.2 Å². The summed E-state index contributed by atoms with van der Waals surface area (Å²) < 4.78 is 24.4. The predicted molar refractivity (Wildman–Crippen MR) is 61.8 cm³/mol. The van der Waals surface area contributed by atoms with Crippen LogP contribution in [0.4, 0.5) is 4.39 Å². The fraction of sp³-hybridized carbons (Fsp3) is 0.182. The van der Waals surface area contributed by atoms with Crippen LogP contribution in [0.15, 0.2) is 12.1 Å².